The van der Waals surface area contributed by atoms with Crippen molar-refractivity contribution in [2.24, 2.45) is 5.73 Å². The summed E-state index contributed by atoms with van der Waals surface area (Å²) in [5.41, 5.74) is 5.15. The van der Waals surface area contributed by atoms with Crippen molar-refractivity contribution < 1.29 is 0 Å². The van der Waals surface area contributed by atoms with Crippen LogP contribution in [0.2, 0.25) is 0 Å². The molecule has 42 valence electrons. The molecule has 1 atom stereocenters. The van der Waals surface area contributed by atoms with Gasteiger partial charge in [0.05, 0.1) is 0 Å². The fourth-order valence-corrected chi connectivity index (χ4v) is 0.265. The quantitative estimate of drug-likeness (QED) is 0.626. The zero-order valence-corrected chi connectivity index (χ0v) is 7.25. The van der Waals surface area contributed by atoms with Crippen LogP contribution in [-0.4, -0.2) is 21.0 Å². The predicted octanol–water partition coefficient (Wildman–Crippen LogP) is -0.336. The Morgan fingerprint density at radius 1 is 1.86 bits per heavy atom. The summed E-state index contributed by atoms with van der Waals surface area (Å²) in [7, 11) is 0. The van der Waals surface area contributed by atoms with Gasteiger partial charge in [0.1, 0.15) is 0 Å². The maximum absolute atomic E-state index is 7.90. The third-order valence-electron chi connectivity index (χ3n) is 0.300. The average Bonchev–Trinajstić information content (AvgIpc) is 1.35. The van der Waals surface area contributed by atoms with E-state index < -0.39 is 0 Å². The van der Waals surface area contributed by atoms with Gasteiger partial charge in [-0.05, 0) is 0 Å². The van der Waals surface area contributed by atoms with Gasteiger partial charge in [0.2, 0.25) is 0 Å². The summed E-state index contributed by atoms with van der Waals surface area (Å²) in [4.78, 5) is -0.0255. The van der Waals surface area contributed by atoms with Crippen LogP contribution in [0.5, 0.6) is 0 Å². The Morgan fingerprint density at radius 2 is 2.29 bits per heavy atom. The molecule has 0 aromatic carbocycles. The molecular weight excluding hydrogens is 223 g/mol. The zero-order chi connectivity index (χ0) is 4.99. The second-order valence-electron chi connectivity index (χ2n) is 0.930. The van der Waals surface area contributed by atoms with E-state index in [0.29, 0.717) is 6.42 Å². The summed E-state index contributed by atoms with van der Waals surface area (Å²) in [6.45, 7) is 0. The van der Waals surface area contributed by atoms with E-state index in [1.54, 1.807) is 0 Å². The third kappa shape index (κ3) is 10.7. The molecule has 0 spiro atoms. The fraction of sp³-hybridized carbons (Fsp3) is 0.667. The van der Waals surface area contributed by atoms with Gasteiger partial charge >= 0.3 is 44.4 Å². The number of halogens is 1. The second kappa shape index (κ2) is 6.45. The Bertz CT molecular complexity index is 67.8. The van der Waals surface area contributed by atoms with Gasteiger partial charge in [-0.25, -0.2) is 0 Å². The standard InChI is InChI=1S/C3H6N2Se.BrH/c4-2-1-3(5)6;/h3,6H,1,5H2;1H. The second-order valence-corrected chi connectivity index (χ2v) is 2.32. The van der Waals surface area contributed by atoms with Crippen molar-refractivity contribution >= 4 is 33.0 Å². The first kappa shape index (κ1) is 10.4. The van der Waals surface area contributed by atoms with Crippen molar-refractivity contribution in [3.8, 4) is 6.07 Å². The molecule has 0 rings (SSSR count). The van der Waals surface area contributed by atoms with Crippen molar-refractivity contribution in [1.82, 2.24) is 0 Å². The molecule has 0 aliphatic heterocycles. The van der Waals surface area contributed by atoms with Gasteiger partial charge in [-0.2, -0.15) is 0 Å². The molecule has 1 unspecified atom stereocenters. The van der Waals surface area contributed by atoms with Gasteiger partial charge in [0, 0.05) is 0 Å². The van der Waals surface area contributed by atoms with Gasteiger partial charge in [-0.1, -0.05) is 0 Å². The topological polar surface area (TPSA) is 49.8 Å². The van der Waals surface area contributed by atoms with Gasteiger partial charge in [0.15, 0.2) is 0 Å². The van der Waals surface area contributed by atoms with Gasteiger partial charge in [0.25, 0.3) is 0 Å². The Balaban J connectivity index is 0. The molecule has 0 radical (unpaired) electrons. The van der Waals surface area contributed by atoms with Crippen LogP contribution < -0.4 is 5.73 Å². The van der Waals surface area contributed by atoms with Crippen LogP contribution in [0.25, 0.3) is 0 Å². The number of hydrogen-bond acceptors (Lipinski definition) is 2. The minimum atomic E-state index is -0.0255. The van der Waals surface area contributed by atoms with Crippen LogP contribution in [0.4, 0.5) is 0 Å². The summed E-state index contributed by atoms with van der Waals surface area (Å²) in [5.74, 6) is 0. The summed E-state index contributed by atoms with van der Waals surface area (Å²) in [6, 6.07) is 1.93. The van der Waals surface area contributed by atoms with Crippen LogP contribution in [0, 0.1) is 11.3 Å². The van der Waals surface area contributed by atoms with E-state index >= 15 is 0 Å². The molecule has 2 N–H and O–H groups in total. The predicted molar refractivity (Wildman–Crippen MR) is 35.7 cm³/mol. The van der Waals surface area contributed by atoms with Gasteiger partial charge in [-0.15, -0.1) is 17.0 Å². The van der Waals surface area contributed by atoms with E-state index in [1.165, 1.54) is 0 Å². The first-order valence-electron chi connectivity index (χ1n) is 1.58. The number of rotatable bonds is 1. The fourth-order valence-electron chi connectivity index (χ4n) is 0.0935. The summed E-state index contributed by atoms with van der Waals surface area (Å²) in [5, 5.41) is 7.90. The molecule has 0 saturated heterocycles. The van der Waals surface area contributed by atoms with Gasteiger partial charge in [-0.3, -0.25) is 0 Å². The Labute approximate surface area is 61.6 Å². The summed E-state index contributed by atoms with van der Waals surface area (Å²) in [6.07, 6.45) is 0.431. The Hall–Kier alpha value is 0.449. The number of hydrogen-bond donors (Lipinski definition) is 1. The van der Waals surface area contributed by atoms with E-state index in [-0.39, 0.29) is 21.9 Å². The molecule has 0 aromatic rings. The maximum atomic E-state index is 7.90. The average molecular weight is 230 g/mol. The van der Waals surface area contributed by atoms with E-state index in [0.717, 1.165) is 0 Å². The van der Waals surface area contributed by atoms with Crippen molar-refractivity contribution in [2.75, 3.05) is 0 Å². The molecule has 2 nitrogen and oxygen atoms in total. The molecule has 7 heavy (non-hydrogen) atoms. The summed E-state index contributed by atoms with van der Waals surface area (Å²) < 4.78 is 0. The van der Waals surface area contributed by atoms with Crippen LogP contribution in [-0.2, 0) is 0 Å². The molecular formula is C3H7BrN2Se. The zero-order valence-electron chi connectivity index (χ0n) is 3.66. The molecule has 0 heterocycles. The van der Waals surface area contributed by atoms with Gasteiger partial charge < -0.3 is 0 Å². The van der Waals surface area contributed by atoms with Crippen LogP contribution in [0.3, 0.4) is 0 Å². The van der Waals surface area contributed by atoms with E-state index in [2.05, 4.69) is 16.0 Å². The molecule has 0 saturated carbocycles. The van der Waals surface area contributed by atoms with E-state index in [4.69, 9.17) is 11.0 Å². The van der Waals surface area contributed by atoms with Crippen molar-refractivity contribution in [1.29, 1.82) is 5.26 Å². The van der Waals surface area contributed by atoms with Crippen LogP contribution in [0.1, 0.15) is 6.42 Å². The van der Waals surface area contributed by atoms with E-state index in [1.807, 2.05) is 6.07 Å². The molecule has 0 amide bonds. The third-order valence-corrected chi connectivity index (χ3v) is 0.683. The SMILES string of the molecule is Br.N#CCC(N)[SeH]. The number of nitrogens with zero attached hydrogens (tertiary/aromatic N) is 1. The Kier molecular flexibility index (Phi) is 9.61. The molecule has 0 aromatic heterocycles. The van der Waals surface area contributed by atoms with Crippen molar-refractivity contribution in [3.05, 3.63) is 0 Å². The Morgan fingerprint density at radius 3 is 2.29 bits per heavy atom. The van der Waals surface area contributed by atoms with Crippen LogP contribution >= 0.6 is 17.0 Å². The molecule has 4 heteroatoms. The monoisotopic (exact) mass is 230 g/mol. The number of nitrogens with two attached hydrogens (primary N) is 1. The van der Waals surface area contributed by atoms with Crippen molar-refractivity contribution in [3.63, 3.8) is 0 Å². The first-order chi connectivity index (χ1) is 2.77. The molecule has 0 fully saturated rings. The first-order valence-corrected chi connectivity index (χ1v) is 2.66. The molecule has 0 aliphatic rings. The molecule has 0 bridgehead atoms. The normalized spacial score (nSPS) is 11.0. The summed E-state index contributed by atoms with van der Waals surface area (Å²) >= 11 is 2.20. The van der Waals surface area contributed by atoms with Crippen molar-refractivity contribution in [2.45, 2.75) is 11.4 Å². The van der Waals surface area contributed by atoms with Crippen LogP contribution in [0.15, 0.2) is 0 Å². The van der Waals surface area contributed by atoms with E-state index in [9.17, 15) is 0 Å². The number of nitriles is 1. The molecule has 0 aliphatic carbocycles. The minimum absolute atomic E-state index is 0.